The van der Waals surface area contributed by atoms with Crippen molar-refractivity contribution in [3.63, 3.8) is 0 Å². The highest BCUT2D eigenvalue weighted by Gasteiger charge is 2.26. The van der Waals surface area contributed by atoms with Crippen molar-refractivity contribution in [3.8, 4) is 0 Å². The van der Waals surface area contributed by atoms with E-state index in [0.717, 1.165) is 23.3 Å². The SMILES string of the molecule is Cc1ccc(NS(=O)(=O)c2cc(Cl)ccc2[N+](=O)[O-])cc1C. The van der Waals surface area contributed by atoms with Gasteiger partial charge in [0, 0.05) is 16.8 Å². The minimum absolute atomic E-state index is 0.103. The van der Waals surface area contributed by atoms with E-state index in [1.165, 1.54) is 6.07 Å². The van der Waals surface area contributed by atoms with Gasteiger partial charge >= 0.3 is 0 Å². The molecule has 6 nitrogen and oxygen atoms in total. The molecule has 2 aromatic rings. The highest BCUT2D eigenvalue weighted by molar-refractivity contribution is 7.92. The molecule has 0 aliphatic rings. The lowest BCUT2D eigenvalue weighted by molar-refractivity contribution is -0.387. The number of benzene rings is 2. The molecule has 2 rings (SSSR count). The van der Waals surface area contributed by atoms with Gasteiger partial charge in [-0.25, -0.2) is 8.42 Å². The molecule has 0 saturated heterocycles. The van der Waals surface area contributed by atoms with E-state index in [0.29, 0.717) is 5.69 Å². The topological polar surface area (TPSA) is 89.3 Å². The number of sulfonamides is 1. The maximum atomic E-state index is 12.4. The number of anilines is 1. The lowest BCUT2D eigenvalue weighted by Crippen LogP contribution is -2.15. The molecule has 2 aromatic carbocycles. The fraction of sp³-hybridized carbons (Fsp3) is 0.143. The second-order valence-electron chi connectivity index (χ2n) is 4.77. The Balaban J connectivity index is 2.48. The van der Waals surface area contributed by atoms with Crippen LogP contribution in [0.2, 0.25) is 5.02 Å². The third-order valence-corrected chi connectivity index (χ3v) is 4.81. The Morgan fingerprint density at radius 1 is 1.09 bits per heavy atom. The third kappa shape index (κ3) is 3.37. The number of aryl methyl sites for hydroxylation is 2. The number of hydrogen-bond donors (Lipinski definition) is 1. The summed E-state index contributed by atoms with van der Waals surface area (Å²) in [4.78, 5) is 9.77. The summed E-state index contributed by atoms with van der Waals surface area (Å²) in [6.45, 7) is 3.74. The molecule has 0 saturated carbocycles. The molecule has 0 atom stereocenters. The molecule has 0 heterocycles. The van der Waals surface area contributed by atoms with Crippen molar-refractivity contribution < 1.29 is 13.3 Å². The van der Waals surface area contributed by atoms with Gasteiger partial charge < -0.3 is 0 Å². The van der Waals surface area contributed by atoms with Crippen molar-refractivity contribution >= 4 is 33.0 Å². The Morgan fingerprint density at radius 2 is 1.77 bits per heavy atom. The fourth-order valence-corrected chi connectivity index (χ4v) is 3.35. The first-order chi connectivity index (χ1) is 10.2. The van der Waals surface area contributed by atoms with Gasteiger partial charge in [-0.2, -0.15) is 0 Å². The fourth-order valence-electron chi connectivity index (χ4n) is 1.87. The molecule has 0 aliphatic carbocycles. The molecule has 116 valence electrons. The molecule has 22 heavy (non-hydrogen) atoms. The normalized spacial score (nSPS) is 11.2. The molecule has 0 aromatic heterocycles. The molecule has 0 spiro atoms. The molecular weight excluding hydrogens is 328 g/mol. The first-order valence-electron chi connectivity index (χ1n) is 6.25. The monoisotopic (exact) mass is 340 g/mol. The zero-order chi connectivity index (χ0) is 16.5. The van der Waals surface area contributed by atoms with Crippen LogP contribution in [0.5, 0.6) is 0 Å². The molecule has 8 heteroatoms. The van der Waals surface area contributed by atoms with Crippen LogP contribution in [-0.2, 0) is 10.0 Å². The zero-order valence-corrected chi connectivity index (χ0v) is 13.4. The van der Waals surface area contributed by atoms with Crippen molar-refractivity contribution in [2.75, 3.05) is 4.72 Å². The van der Waals surface area contributed by atoms with Crippen molar-refractivity contribution in [2.24, 2.45) is 0 Å². The van der Waals surface area contributed by atoms with Gasteiger partial charge in [0.25, 0.3) is 15.7 Å². The van der Waals surface area contributed by atoms with Crippen LogP contribution >= 0.6 is 11.6 Å². The van der Waals surface area contributed by atoms with Gasteiger partial charge in [0.2, 0.25) is 0 Å². The average Bonchev–Trinajstić information content (AvgIpc) is 2.42. The van der Waals surface area contributed by atoms with Gasteiger partial charge in [-0.3, -0.25) is 14.8 Å². The molecule has 1 N–H and O–H groups in total. The average molecular weight is 341 g/mol. The maximum Gasteiger partial charge on any atom is 0.289 e. The van der Waals surface area contributed by atoms with Crippen LogP contribution in [0.3, 0.4) is 0 Å². The van der Waals surface area contributed by atoms with Crippen LogP contribution in [0.4, 0.5) is 11.4 Å². The molecular formula is C14H13ClN2O4S. The maximum absolute atomic E-state index is 12.4. The van der Waals surface area contributed by atoms with Gasteiger partial charge in [-0.1, -0.05) is 17.7 Å². The van der Waals surface area contributed by atoms with E-state index in [9.17, 15) is 18.5 Å². The number of nitro benzene ring substituents is 1. The number of hydrogen-bond acceptors (Lipinski definition) is 4. The number of nitrogens with one attached hydrogen (secondary N) is 1. The molecule has 0 aliphatic heterocycles. The van der Waals surface area contributed by atoms with Crippen molar-refractivity contribution in [1.29, 1.82) is 0 Å². The summed E-state index contributed by atoms with van der Waals surface area (Å²) in [5.74, 6) is 0. The summed E-state index contributed by atoms with van der Waals surface area (Å²) in [5.41, 5.74) is 1.72. The molecule has 0 bridgehead atoms. The van der Waals surface area contributed by atoms with Crippen molar-refractivity contribution in [2.45, 2.75) is 18.7 Å². The van der Waals surface area contributed by atoms with Crippen LogP contribution in [-0.4, -0.2) is 13.3 Å². The van der Waals surface area contributed by atoms with Crippen LogP contribution in [0.1, 0.15) is 11.1 Å². The minimum atomic E-state index is -4.12. The zero-order valence-electron chi connectivity index (χ0n) is 11.8. The van der Waals surface area contributed by atoms with Gasteiger partial charge in [0.15, 0.2) is 4.90 Å². The predicted molar refractivity (Wildman–Crippen MR) is 84.8 cm³/mol. The molecule has 0 fully saturated rings. The van der Waals surface area contributed by atoms with E-state index in [4.69, 9.17) is 11.6 Å². The minimum Gasteiger partial charge on any atom is -0.279 e. The first kappa shape index (κ1) is 16.3. The summed E-state index contributed by atoms with van der Waals surface area (Å²) < 4.78 is 27.1. The third-order valence-electron chi connectivity index (χ3n) is 3.17. The Morgan fingerprint density at radius 3 is 2.36 bits per heavy atom. The van der Waals surface area contributed by atoms with Gasteiger partial charge in [-0.05, 0) is 49.2 Å². The number of halogens is 1. The number of nitrogens with zero attached hydrogens (tertiary/aromatic N) is 1. The Bertz CT molecular complexity index is 850. The highest BCUT2D eigenvalue weighted by Crippen LogP contribution is 2.29. The predicted octanol–water partition coefficient (Wildman–Crippen LogP) is 3.67. The summed E-state index contributed by atoms with van der Waals surface area (Å²) in [5, 5.41) is 11.1. The second kappa shape index (κ2) is 5.94. The van der Waals surface area contributed by atoms with Crippen LogP contribution < -0.4 is 4.72 Å². The van der Waals surface area contributed by atoms with E-state index in [1.807, 2.05) is 13.8 Å². The Labute approximate surface area is 132 Å². The van der Waals surface area contributed by atoms with E-state index < -0.39 is 25.5 Å². The van der Waals surface area contributed by atoms with Crippen LogP contribution in [0.15, 0.2) is 41.3 Å². The van der Waals surface area contributed by atoms with Crippen molar-refractivity contribution in [1.82, 2.24) is 0 Å². The summed E-state index contributed by atoms with van der Waals surface area (Å²) in [6, 6.07) is 8.41. The Hall–Kier alpha value is -2.12. The van der Waals surface area contributed by atoms with Crippen LogP contribution in [0, 0.1) is 24.0 Å². The lowest BCUT2D eigenvalue weighted by Gasteiger charge is -2.10. The highest BCUT2D eigenvalue weighted by atomic mass is 35.5. The van der Waals surface area contributed by atoms with Gasteiger partial charge in [0.05, 0.1) is 4.92 Å². The van der Waals surface area contributed by atoms with E-state index >= 15 is 0 Å². The summed E-state index contributed by atoms with van der Waals surface area (Å²) in [6.07, 6.45) is 0. The van der Waals surface area contributed by atoms with Gasteiger partial charge in [-0.15, -0.1) is 0 Å². The smallest absolute Gasteiger partial charge is 0.279 e. The molecule has 0 radical (unpaired) electrons. The lowest BCUT2D eigenvalue weighted by atomic mass is 10.1. The Kier molecular flexibility index (Phi) is 4.39. The van der Waals surface area contributed by atoms with E-state index in [-0.39, 0.29) is 5.02 Å². The molecule has 0 unspecified atom stereocenters. The van der Waals surface area contributed by atoms with Crippen LogP contribution in [0.25, 0.3) is 0 Å². The second-order valence-corrected chi connectivity index (χ2v) is 6.86. The van der Waals surface area contributed by atoms with Crippen molar-refractivity contribution in [3.05, 3.63) is 62.7 Å². The van der Waals surface area contributed by atoms with E-state index in [1.54, 1.807) is 18.2 Å². The number of rotatable bonds is 4. The number of nitro groups is 1. The quantitative estimate of drug-likeness (QED) is 0.679. The van der Waals surface area contributed by atoms with E-state index in [2.05, 4.69) is 4.72 Å². The summed E-state index contributed by atoms with van der Waals surface area (Å²) in [7, 11) is -4.12. The summed E-state index contributed by atoms with van der Waals surface area (Å²) >= 11 is 5.76. The first-order valence-corrected chi connectivity index (χ1v) is 8.11. The molecule has 0 amide bonds. The van der Waals surface area contributed by atoms with Gasteiger partial charge in [0.1, 0.15) is 0 Å². The standard InChI is InChI=1S/C14H13ClN2O4S/c1-9-3-5-12(7-10(9)2)16-22(20,21)14-8-11(15)4-6-13(14)17(18)19/h3-8,16H,1-2H3. The largest absolute Gasteiger partial charge is 0.289 e.